The van der Waals surface area contributed by atoms with Crippen LogP contribution in [0.4, 0.5) is 4.39 Å². The Morgan fingerprint density at radius 2 is 1.91 bits per heavy atom. The Labute approximate surface area is 135 Å². The van der Waals surface area contributed by atoms with Gasteiger partial charge in [0.1, 0.15) is 6.10 Å². The lowest BCUT2D eigenvalue weighted by molar-refractivity contribution is 0.0494. The average Bonchev–Trinajstić information content (AvgIpc) is 2.54. The third kappa shape index (κ3) is 4.70. The molecular weight excluding hydrogens is 305 g/mol. The number of benzene rings is 2. The van der Waals surface area contributed by atoms with Gasteiger partial charge in [0, 0.05) is 6.54 Å². The van der Waals surface area contributed by atoms with Crippen LogP contribution in [-0.2, 0) is 4.74 Å². The Kier molecular flexibility index (Phi) is 6.65. The molecule has 22 heavy (non-hydrogen) atoms. The first-order valence-electron chi connectivity index (χ1n) is 7.10. The van der Waals surface area contributed by atoms with E-state index in [-0.39, 0.29) is 10.8 Å². The van der Waals surface area contributed by atoms with Gasteiger partial charge in [0.15, 0.2) is 11.6 Å². The lowest BCUT2D eigenvalue weighted by atomic mass is 10.1. The highest BCUT2D eigenvalue weighted by Gasteiger charge is 2.18. The second kappa shape index (κ2) is 8.73. The molecule has 2 rings (SSSR count). The van der Waals surface area contributed by atoms with E-state index in [0.29, 0.717) is 13.2 Å². The standard InChI is InChI=1S/C17H19ClFNO2/c1-20-10-11-21-12-16(13-6-3-2-4-7-13)22-17-14(18)8-5-9-15(17)19/h2-9,16,20H,10-12H2,1H3/t16-/m1/s1. The van der Waals surface area contributed by atoms with Crippen molar-refractivity contribution in [1.29, 1.82) is 0 Å². The monoisotopic (exact) mass is 323 g/mol. The van der Waals surface area contributed by atoms with E-state index >= 15 is 0 Å². The van der Waals surface area contributed by atoms with Gasteiger partial charge in [-0.2, -0.15) is 0 Å². The Hall–Kier alpha value is -1.62. The van der Waals surface area contributed by atoms with E-state index in [1.807, 2.05) is 37.4 Å². The Morgan fingerprint density at radius 1 is 1.14 bits per heavy atom. The van der Waals surface area contributed by atoms with Crippen LogP contribution in [0, 0.1) is 5.82 Å². The highest BCUT2D eigenvalue weighted by molar-refractivity contribution is 6.32. The molecule has 0 aromatic heterocycles. The first-order chi connectivity index (χ1) is 10.7. The Morgan fingerprint density at radius 3 is 2.59 bits per heavy atom. The summed E-state index contributed by atoms with van der Waals surface area (Å²) < 4.78 is 25.3. The molecule has 0 saturated carbocycles. The van der Waals surface area contributed by atoms with Gasteiger partial charge in [0.2, 0.25) is 0 Å². The normalized spacial score (nSPS) is 12.1. The molecule has 2 aromatic rings. The van der Waals surface area contributed by atoms with E-state index in [1.54, 1.807) is 12.1 Å². The predicted octanol–water partition coefficient (Wildman–Crippen LogP) is 3.84. The molecule has 118 valence electrons. The zero-order chi connectivity index (χ0) is 15.8. The van der Waals surface area contributed by atoms with Gasteiger partial charge in [-0.15, -0.1) is 0 Å². The van der Waals surface area contributed by atoms with Crippen molar-refractivity contribution in [3.8, 4) is 5.75 Å². The fraction of sp³-hybridized carbons (Fsp3) is 0.294. The topological polar surface area (TPSA) is 30.5 Å². The number of hydrogen-bond acceptors (Lipinski definition) is 3. The van der Waals surface area contributed by atoms with Crippen molar-refractivity contribution >= 4 is 11.6 Å². The molecule has 0 radical (unpaired) electrons. The van der Waals surface area contributed by atoms with Crippen LogP contribution < -0.4 is 10.1 Å². The van der Waals surface area contributed by atoms with E-state index in [1.165, 1.54) is 6.07 Å². The van der Waals surface area contributed by atoms with Crippen LogP contribution in [0.25, 0.3) is 0 Å². The molecule has 1 atom stereocenters. The van der Waals surface area contributed by atoms with Crippen molar-refractivity contribution < 1.29 is 13.9 Å². The molecule has 5 heteroatoms. The van der Waals surface area contributed by atoms with Gasteiger partial charge in [-0.05, 0) is 24.7 Å². The molecule has 0 saturated heterocycles. The van der Waals surface area contributed by atoms with Gasteiger partial charge in [-0.3, -0.25) is 0 Å². The molecular formula is C17H19ClFNO2. The van der Waals surface area contributed by atoms with E-state index in [4.69, 9.17) is 21.1 Å². The average molecular weight is 324 g/mol. The Balaban J connectivity index is 2.14. The summed E-state index contributed by atoms with van der Waals surface area (Å²) in [6.45, 7) is 1.60. The van der Waals surface area contributed by atoms with Crippen LogP contribution >= 0.6 is 11.6 Å². The van der Waals surface area contributed by atoms with E-state index in [2.05, 4.69) is 5.32 Å². The molecule has 3 nitrogen and oxygen atoms in total. The fourth-order valence-corrected chi connectivity index (χ4v) is 2.18. The largest absolute Gasteiger partial charge is 0.479 e. The smallest absolute Gasteiger partial charge is 0.174 e. The predicted molar refractivity (Wildman–Crippen MR) is 86.0 cm³/mol. The minimum atomic E-state index is -0.483. The number of nitrogens with one attached hydrogen (secondary N) is 1. The van der Waals surface area contributed by atoms with Crippen LogP contribution in [0.1, 0.15) is 11.7 Å². The van der Waals surface area contributed by atoms with Crippen LogP contribution in [0.15, 0.2) is 48.5 Å². The molecule has 0 fully saturated rings. The van der Waals surface area contributed by atoms with Gasteiger partial charge in [0.25, 0.3) is 0 Å². The maximum Gasteiger partial charge on any atom is 0.174 e. The quantitative estimate of drug-likeness (QED) is 0.749. The minimum absolute atomic E-state index is 0.0511. The van der Waals surface area contributed by atoms with Gasteiger partial charge in [0.05, 0.1) is 18.2 Å². The van der Waals surface area contributed by atoms with E-state index < -0.39 is 11.9 Å². The summed E-state index contributed by atoms with van der Waals surface area (Å²) in [4.78, 5) is 0. The number of rotatable bonds is 8. The molecule has 0 aliphatic carbocycles. The third-order valence-electron chi connectivity index (χ3n) is 3.12. The van der Waals surface area contributed by atoms with Crippen molar-refractivity contribution in [2.24, 2.45) is 0 Å². The molecule has 0 unspecified atom stereocenters. The van der Waals surface area contributed by atoms with Crippen molar-refractivity contribution in [2.75, 3.05) is 26.8 Å². The first kappa shape index (κ1) is 16.7. The summed E-state index contributed by atoms with van der Waals surface area (Å²) in [6, 6.07) is 14.0. The summed E-state index contributed by atoms with van der Waals surface area (Å²) in [5.41, 5.74) is 0.909. The second-order valence-electron chi connectivity index (χ2n) is 4.75. The molecule has 0 amide bonds. The summed E-state index contributed by atoms with van der Waals surface area (Å²) in [5, 5.41) is 3.25. The highest BCUT2D eigenvalue weighted by atomic mass is 35.5. The van der Waals surface area contributed by atoms with Crippen molar-refractivity contribution in [3.63, 3.8) is 0 Å². The van der Waals surface area contributed by atoms with Crippen molar-refractivity contribution in [1.82, 2.24) is 5.32 Å². The fourth-order valence-electron chi connectivity index (χ4n) is 1.97. The van der Waals surface area contributed by atoms with Gasteiger partial charge in [-0.25, -0.2) is 4.39 Å². The van der Waals surface area contributed by atoms with Gasteiger partial charge >= 0.3 is 0 Å². The van der Waals surface area contributed by atoms with Crippen LogP contribution in [0.3, 0.4) is 0 Å². The Bertz CT molecular complexity index is 560. The summed E-state index contributed by atoms with van der Waals surface area (Å²) in [7, 11) is 1.85. The lowest BCUT2D eigenvalue weighted by Gasteiger charge is -2.20. The summed E-state index contributed by atoms with van der Waals surface area (Å²) in [5.74, 6) is -0.432. The zero-order valence-corrected chi connectivity index (χ0v) is 13.1. The third-order valence-corrected chi connectivity index (χ3v) is 3.41. The molecule has 0 bridgehead atoms. The van der Waals surface area contributed by atoms with Crippen LogP contribution in [0.2, 0.25) is 5.02 Å². The number of halogens is 2. The van der Waals surface area contributed by atoms with Crippen LogP contribution in [0.5, 0.6) is 5.75 Å². The minimum Gasteiger partial charge on any atom is -0.479 e. The highest BCUT2D eigenvalue weighted by Crippen LogP contribution is 2.31. The van der Waals surface area contributed by atoms with Crippen molar-refractivity contribution in [3.05, 3.63) is 64.9 Å². The molecule has 0 aliphatic rings. The van der Waals surface area contributed by atoms with Gasteiger partial charge < -0.3 is 14.8 Å². The summed E-state index contributed by atoms with van der Waals surface area (Å²) in [6.07, 6.45) is -0.424. The van der Waals surface area contributed by atoms with E-state index in [0.717, 1.165) is 12.1 Å². The van der Waals surface area contributed by atoms with Crippen molar-refractivity contribution in [2.45, 2.75) is 6.10 Å². The SMILES string of the molecule is CNCCOC[C@@H](Oc1c(F)cccc1Cl)c1ccccc1. The molecule has 0 spiro atoms. The second-order valence-corrected chi connectivity index (χ2v) is 5.15. The van der Waals surface area contributed by atoms with E-state index in [9.17, 15) is 4.39 Å². The number of hydrogen-bond donors (Lipinski definition) is 1. The van der Waals surface area contributed by atoms with Crippen LogP contribution in [-0.4, -0.2) is 26.8 Å². The van der Waals surface area contributed by atoms with Gasteiger partial charge in [-0.1, -0.05) is 48.0 Å². The lowest BCUT2D eigenvalue weighted by Crippen LogP contribution is -2.20. The molecule has 0 heterocycles. The first-order valence-corrected chi connectivity index (χ1v) is 7.48. The maximum absolute atomic E-state index is 13.9. The molecule has 2 aromatic carbocycles. The number of likely N-dealkylation sites (N-methyl/N-ethyl adjacent to an activating group) is 1. The molecule has 0 aliphatic heterocycles. The molecule has 1 N–H and O–H groups in total. The number of ether oxygens (including phenoxy) is 2. The number of para-hydroxylation sites is 1. The zero-order valence-electron chi connectivity index (χ0n) is 12.4. The summed E-state index contributed by atoms with van der Waals surface area (Å²) >= 11 is 6.03. The maximum atomic E-state index is 13.9.